The number of nitrogens with one attached hydrogen (secondary N) is 1. The first-order valence-corrected chi connectivity index (χ1v) is 15.2. The molecule has 0 aliphatic rings. The molecule has 7 heteroatoms. The van der Waals surface area contributed by atoms with Gasteiger partial charge in [0.05, 0.1) is 17.0 Å². The number of hydrogen-bond donors (Lipinski definition) is 2. The molecule has 2 aromatic rings. The van der Waals surface area contributed by atoms with Crippen LogP contribution in [0.5, 0.6) is 0 Å². The van der Waals surface area contributed by atoms with Crippen LogP contribution in [-0.4, -0.2) is 34.6 Å². The minimum absolute atomic E-state index is 0.127. The molecule has 2 aromatic carbocycles. The molecule has 0 bridgehead atoms. The summed E-state index contributed by atoms with van der Waals surface area (Å²) in [6.07, 6.45) is 0.221. The van der Waals surface area contributed by atoms with Crippen molar-refractivity contribution in [3.05, 3.63) is 65.7 Å². The normalized spacial score (nSPS) is 14.9. The fourth-order valence-corrected chi connectivity index (χ4v) is 5.33. The molecule has 2 atom stereocenters. The SMILES string of the molecule is Cc1ccc(S(=O)(=O)N[C@@H](c2ccccc2)[C@@H](O)CCCO[Si](C)(C)C(C)(C)C)cc1. The molecule has 0 heterocycles. The molecule has 0 spiro atoms. The van der Waals surface area contributed by atoms with Gasteiger partial charge in [0, 0.05) is 6.61 Å². The van der Waals surface area contributed by atoms with E-state index in [9.17, 15) is 13.5 Å². The molecule has 0 amide bonds. The molecule has 0 saturated heterocycles. The Morgan fingerprint density at radius 3 is 2.16 bits per heavy atom. The molecule has 0 aliphatic heterocycles. The molecule has 2 N–H and O–H groups in total. The zero-order chi connectivity index (χ0) is 23.3. The highest BCUT2D eigenvalue weighted by molar-refractivity contribution is 7.89. The van der Waals surface area contributed by atoms with Crippen molar-refractivity contribution in [1.29, 1.82) is 0 Å². The average molecular weight is 464 g/mol. The molecule has 0 fully saturated rings. The highest BCUT2D eigenvalue weighted by atomic mass is 32.2. The molecule has 31 heavy (non-hydrogen) atoms. The van der Waals surface area contributed by atoms with Crippen LogP contribution in [0.1, 0.15) is 50.8 Å². The number of aliphatic hydroxyl groups is 1. The smallest absolute Gasteiger partial charge is 0.241 e. The Morgan fingerprint density at radius 1 is 1.03 bits per heavy atom. The predicted octanol–water partition coefficient (Wildman–Crippen LogP) is 5.18. The monoisotopic (exact) mass is 463 g/mol. The van der Waals surface area contributed by atoms with Crippen molar-refractivity contribution in [2.24, 2.45) is 0 Å². The Bertz CT molecular complexity index is 922. The van der Waals surface area contributed by atoms with E-state index in [-0.39, 0.29) is 9.93 Å². The Hall–Kier alpha value is -1.51. The second kappa shape index (κ2) is 10.4. The fourth-order valence-electron chi connectivity index (χ4n) is 2.98. The van der Waals surface area contributed by atoms with Gasteiger partial charge in [0.2, 0.25) is 10.0 Å². The van der Waals surface area contributed by atoms with Gasteiger partial charge in [-0.25, -0.2) is 13.1 Å². The Morgan fingerprint density at radius 2 is 1.61 bits per heavy atom. The van der Waals surface area contributed by atoms with E-state index in [1.54, 1.807) is 24.3 Å². The van der Waals surface area contributed by atoms with Gasteiger partial charge in [-0.1, -0.05) is 68.8 Å². The lowest BCUT2D eigenvalue weighted by Crippen LogP contribution is -2.41. The Balaban J connectivity index is 2.11. The molecule has 0 aliphatic carbocycles. The van der Waals surface area contributed by atoms with Crippen molar-refractivity contribution in [3.8, 4) is 0 Å². The van der Waals surface area contributed by atoms with E-state index in [2.05, 4.69) is 38.6 Å². The Kier molecular flexibility index (Phi) is 8.64. The molecule has 172 valence electrons. The van der Waals surface area contributed by atoms with Crippen molar-refractivity contribution in [2.75, 3.05) is 6.61 Å². The zero-order valence-corrected chi connectivity index (χ0v) is 21.4. The zero-order valence-electron chi connectivity index (χ0n) is 19.6. The number of hydrogen-bond acceptors (Lipinski definition) is 4. The van der Waals surface area contributed by atoms with Crippen molar-refractivity contribution >= 4 is 18.3 Å². The van der Waals surface area contributed by atoms with E-state index in [4.69, 9.17) is 4.43 Å². The van der Waals surface area contributed by atoms with Gasteiger partial charge in [0.1, 0.15) is 0 Å². The van der Waals surface area contributed by atoms with E-state index in [0.29, 0.717) is 19.4 Å². The molecule has 0 radical (unpaired) electrons. The molecular weight excluding hydrogens is 426 g/mol. The van der Waals surface area contributed by atoms with Crippen LogP contribution in [0.3, 0.4) is 0 Å². The first-order valence-electron chi connectivity index (χ1n) is 10.8. The summed E-state index contributed by atoms with van der Waals surface area (Å²) in [5, 5.41) is 11.1. The van der Waals surface area contributed by atoms with Crippen LogP contribution in [-0.2, 0) is 14.4 Å². The van der Waals surface area contributed by atoms with Crippen LogP contribution in [0.15, 0.2) is 59.5 Å². The second-order valence-electron chi connectivity index (χ2n) is 9.64. The average Bonchev–Trinajstić information content (AvgIpc) is 2.69. The van der Waals surface area contributed by atoms with E-state index in [0.717, 1.165) is 11.1 Å². The number of benzene rings is 2. The van der Waals surface area contributed by atoms with Gasteiger partial charge < -0.3 is 9.53 Å². The quantitative estimate of drug-likeness (QED) is 0.376. The number of sulfonamides is 1. The summed E-state index contributed by atoms with van der Waals surface area (Å²) in [7, 11) is -5.63. The van der Waals surface area contributed by atoms with Crippen LogP contribution in [0.4, 0.5) is 0 Å². The lowest BCUT2D eigenvalue weighted by atomic mass is 9.99. The summed E-state index contributed by atoms with van der Waals surface area (Å²) in [6, 6.07) is 15.2. The largest absolute Gasteiger partial charge is 0.417 e. The second-order valence-corrected chi connectivity index (χ2v) is 16.2. The van der Waals surface area contributed by atoms with E-state index >= 15 is 0 Å². The maximum atomic E-state index is 13.0. The molecule has 0 aromatic heterocycles. The van der Waals surface area contributed by atoms with Crippen LogP contribution in [0.2, 0.25) is 18.1 Å². The predicted molar refractivity (Wildman–Crippen MR) is 129 cm³/mol. The van der Waals surface area contributed by atoms with Crippen molar-refractivity contribution < 1.29 is 18.0 Å². The molecule has 0 unspecified atom stereocenters. The van der Waals surface area contributed by atoms with Gasteiger partial charge in [0.15, 0.2) is 8.32 Å². The van der Waals surface area contributed by atoms with Gasteiger partial charge in [-0.05, 0) is 55.6 Å². The summed E-state index contributed by atoms with van der Waals surface area (Å²) in [5.74, 6) is 0. The summed E-state index contributed by atoms with van der Waals surface area (Å²) in [4.78, 5) is 0.187. The minimum Gasteiger partial charge on any atom is -0.417 e. The van der Waals surface area contributed by atoms with Crippen LogP contribution in [0, 0.1) is 6.92 Å². The maximum absolute atomic E-state index is 13.0. The lowest BCUT2D eigenvalue weighted by molar-refractivity contribution is 0.118. The standard InChI is InChI=1S/C24H37NO4SSi/c1-19-14-16-21(17-15-19)30(27,28)25-23(20-11-8-7-9-12-20)22(26)13-10-18-29-31(5,6)24(2,3)4/h7-9,11-12,14-17,22-23,25-26H,10,13,18H2,1-6H3/t22-,23-/m0/s1. The number of aryl methyl sites for hydroxylation is 1. The van der Waals surface area contributed by atoms with E-state index in [1.165, 1.54) is 0 Å². The minimum atomic E-state index is -3.78. The topological polar surface area (TPSA) is 75.6 Å². The van der Waals surface area contributed by atoms with Crippen LogP contribution in [0.25, 0.3) is 0 Å². The lowest BCUT2D eigenvalue weighted by Gasteiger charge is -2.36. The highest BCUT2D eigenvalue weighted by Crippen LogP contribution is 2.36. The number of aliphatic hydroxyl groups excluding tert-OH is 1. The highest BCUT2D eigenvalue weighted by Gasteiger charge is 2.37. The molecule has 2 rings (SSSR count). The third-order valence-electron chi connectivity index (χ3n) is 6.07. The van der Waals surface area contributed by atoms with Gasteiger partial charge in [-0.15, -0.1) is 0 Å². The summed E-state index contributed by atoms with van der Waals surface area (Å²) >= 11 is 0. The number of rotatable bonds is 10. The van der Waals surface area contributed by atoms with Crippen LogP contribution < -0.4 is 4.72 Å². The van der Waals surface area contributed by atoms with Crippen molar-refractivity contribution in [2.45, 2.75) is 75.7 Å². The van der Waals surface area contributed by atoms with Gasteiger partial charge in [0.25, 0.3) is 0 Å². The first kappa shape index (κ1) is 25.7. The van der Waals surface area contributed by atoms with Crippen molar-refractivity contribution in [1.82, 2.24) is 4.72 Å². The van der Waals surface area contributed by atoms with Crippen molar-refractivity contribution in [3.63, 3.8) is 0 Å². The van der Waals surface area contributed by atoms with Gasteiger partial charge in [-0.2, -0.15) is 0 Å². The van der Waals surface area contributed by atoms with E-state index in [1.807, 2.05) is 37.3 Å². The third-order valence-corrected chi connectivity index (χ3v) is 12.1. The molecule has 5 nitrogen and oxygen atoms in total. The molecule has 0 saturated carbocycles. The fraction of sp³-hybridized carbons (Fsp3) is 0.500. The Labute approximate surface area is 189 Å². The van der Waals surface area contributed by atoms with Gasteiger partial charge >= 0.3 is 0 Å². The first-order chi connectivity index (χ1) is 14.3. The third kappa shape index (κ3) is 7.25. The van der Waals surface area contributed by atoms with Crippen LogP contribution >= 0.6 is 0 Å². The maximum Gasteiger partial charge on any atom is 0.241 e. The van der Waals surface area contributed by atoms with Gasteiger partial charge in [-0.3, -0.25) is 0 Å². The van der Waals surface area contributed by atoms with E-state index < -0.39 is 30.5 Å². The summed E-state index contributed by atoms with van der Waals surface area (Å²) < 4.78 is 34.8. The summed E-state index contributed by atoms with van der Waals surface area (Å²) in [5.41, 5.74) is 1.72. The molecular formula is C24H37NO4SSi. The summed E-state index contributed by atoms with van der Waals surface area (Å²) in [6.45, 7) is 13.4.